The van der Waals surface area contributed by atoms with Crippen molar-refractivity contribution in [2.24, 2.45) is 0 Å². The van der Waals surface area contributed by atoms with Gasteiger partial charge in [-0.15, -0.1) is 11.3 Å². The van der Waals surface area contributed by atoms with Crippen molar-refractivity contribution < 1.29 is 19.1 Å². The van der Waals surface area contributed by atoms with E-state index in [2.05, 4.69) is 9.72 Å². The number of methoxy groups -OCH3 is 1. The third kappa shape index (κ3) is 3.93. The molecule has 1 aliphatic rings. The second kappa shape index (κ2) is 6.01. The van der Waals surface area contributed by atoms with Crippen molar-refractivity contribution in [1.82, 2.24) is 9.88 Å². The number of carbonyl (C=O) groups excluding carboxylic acids is 2. The van der Waals surface area contributed by atoms with Gasteiger partial charge in [0.25, 0.3) is 0 Å². The van der Waals surface area contributed by atoms with Crippen molar-refractivity contribution in [2.75, 3.05) is 13.7 Å². The minimum absolute atomic E-state index is 0.330. The summed E-state index contributed by atoms with van der Waals surface area (Å²) in [5, 5.41) is 0.341. The number of aryl methyl sites for hydroxylation is 1. The smallest absolute Gasteiger partial charge is 0.410 e. The van der Waals surface area contributed by atoms with Gasteiger partial charge in [-0.05, 0) is 33.6 Å². The quantitative estimate of drug-likeness (QED) is 0.746. The van der Waals surface area contributed by atoms with Crippen molar-refractivity contribution in [3.63, 3.8) is 0 Å². The van der Waals surface area contributed by atoms with Crippen LogP contribution in [0.4, 0.5) is 4.79 Å². The van der Waals surface area contributed by atoms with Crippen LogP contribution < -0.4 is 0 Å². The molecule has 0 saturated carbocycles. The Morgan fingerprint density at radius 1 is 1.33 bits per heavy atom. The maximum atomic E-state index is 12.2. The fraction of sp³-hybridized carbons (Fsp3) is 0.643. The van der Waals surface area contributed by atoms with Gasteiger partial charge in [0, 0.05) is 11.4 Å². The Morgan fingerprint density at radius 3 is 2.67 bits per heavy atom. The summed E-state index contributed by atoms with van der Waals surface area (Å²) in [6.07, 6.45) is 1.22. The number of nitrogens with zero attached hydrogens (tertiary/aromatic N) is 2. The largest absolute Gasteiger partial charge is 0.464 e. The van der Waals surface area contributed by atoms with E-state index in [0.717, 1.165) is 23.4 Å². The van der Waals surface area contributed by atoms with E-state index in [-0.39, 0.29) is 6.09 Å². The highest BCUT2D eigenvalue weighted by atomic mass is 32.1. The molecule has 1 aromatic rings. The van der Waals surface area contributed by atoms with E-state index in [9.17, 15) is 9.59 Å². The lowest BCUT2D eigenvalue weighted by Gasteiger charge is -2.26. The highest BCUT2D eigenvalue weighted by Crippen LogP contribution is 2.26. The van der Waals surface area contributed by atoms with E-state index in [1.165, 1.54) is 18.4 Å². The summed E-state index contributed by atoms with van der Waals surface area (Å²) < 4.78 is 10.1. The molecule has 2 heterocycles. The first-order valence-electron chi connectivity index (χ1n) is 6.85. The molecule has 116 valence electrons. The number of amides is 1. The number of aromatic nitrogens is 1. The first-order chi connectivity index (χ1) is 9.80. The molecule has 0 atom stereocenters. The normalized spacial score (nSPS) is 15.1. The predicted octanol–water partition coefficient (Wildman–Crippen LogP) is 2.61. The Hall–Kier alpha value is -1.63. The SMILES string of the molecule is COC(=O)c1nc2c(s1)CN(C(=O)OC(C)(C)C)CCC2. The van der Waals surface area contributed by atoms with Gasteiger partial charge in [-0.25, -0.2) is 14.6 Å². The molecule has 1 aromatic heterocycles. The van der Waals surface area contributed by atoms with E-state index in [0.29, 0.717) is 18.1 Å². The van der Waals surface area contributed by atoms with Crippen LogP contribution in [-0.2, 0) is 22.4 Å². The lowest BCUT2D eigenvalue weighted by Crippen LogP contribution is -2.36. The second-order valence-corrected chi connectivity index (χ2v) is 6.97. The van der Waals surface area contributed by atoms with Crippen molar-refractivity contribution in [3.05, 3.63) is 15.6 Å². The van der Waals surface area contributed by atoms with Crippen molar-refractivity contribution in [3.8, 4) is 0 Å². The molecule has 0 radical (unpaired) electrons. The number of fused-ring (bicyclic) bond motifs is 1. The van der Waals surface area contributed by atoms with Crippen LogP contribution in [0, 0.1) is 0 Å². The fourth-order valence-corrected chi connectivity index (χ4v) is 3.09. The number of thiazole rings is 1. The Kier molecular flexibility index (Phi) is 4.51. The second-order valence-electron chi connectivity index (χ2n) is 5.89. The summed E-state index contributed by atoms with van der Waals surface area (Å²) in [5.74, 6) is -0.433. The number of esters is 1. The highest BCUT2D eigenvalue weighted by Gasteiger charge is 2.27. The van der Waals surface area contributed by atoms with Crippen LogP contribution >= 0.6 is 11.3 Å². The molecule has 21 heavy (non-hydrogen) atoms. The molecule has 0 fully saturated rings. The minimum atomic E-state index is -0.517. The molecule has 7 heteroatoms. The molecule has 0 aliphatic carbocycles. The van der Waals surface area contributed by atoms with Crippen LogP contribution in [0.15, 0.2) is 0 Å². The van der Waals surface area contributed by atoms with Crippen molar-refractivity contribution >= 4 is 23.4 Å². The monoisotopic (exact) mass is 312 g/mol. The van der Waals surface area contributed by atoms with Crippen LogP contribution in [-0.4, -0.2) is 41.2 Å². The molecule has 0 bridgehead atoms. The van der Waals surface area contributed by atoms with Gasteiger partial charge in [-0.1, -0.05) is 0 Å². The number of carbonyl (C=O) groups is 2. The molecule has 0 unspecified atom stereocenters. The first kappa shape index (κ1) is 15.8. The van der Waals surface area contributed by atoms with Gasteiger partial charge in [0.15, 0.2) is 0 Å². The molecule has 2 rings (SSSR count). The van der Waals surface area contributed by atoms with E-state index in [1.54, 1.807) is 4.90 Å². The average Bonchev–Trinajstić information content (AvgIpc) is 2.67. The Balaban J connectivity index is 2.14. The van der Waals surface area contributed by atoms with Gasteiger partial charge < -0.3 is 14.4 Å². The van der Waals surface area contributed by atoms with Crippen molar-refractivity contribution in [1.29, 1.82) is 0 Å². The zero-order chi connectivity index (χ0) is 15.6. The molecular formula is C14H20N2O4S. The van der Waals surface area contributed by atoms with E-state index in [1.807, 2.05) is 20.8 Å². The zero-order valence-electron chi connectivity index (χ0n) is 12.8. The Bertz CT molecular complexity index is 548. The Labute approximate surface area is 128 Å². The van der Waals surface area contributed by atoms with Crippen LogP contribution in [0.2, 0.25) is 0 Å². The standard InChI is InChI=1S/C14H20N2O4S/c1-14(2,3)20-13(18)16-7-5-6-9-10(8-16)21-11(15-9)12(17)19-4/h5-8H2,1-4H3. The topological polar surface area (TPSA) is 68.7 Å². The van der Waals surface area contributed by atoms with E-state index < -0.39 is 11.6 Å². The number of hydrogen-bond donors (Lipinski definition) is 0. The van der Waals surface area contributed by atoms with Gasteiger partial charge >= 0.3 is 12.1 Å². The summed E-state index contributed by atoms with van der Waals surface area (Å²) in [6, 6.07) is 0. The van der Waals surface area contributed by atoms with E-state index >= 15 is 0 Å². The number of ether oxygens (including phenoxy) is 2. The van der Waals surface area contributed by atoms with Crippen LogP contribution in [0.1, 0.15) is 47.6 Å². The molecule has 1 amide bonds. The third-order valence-electron chi connectivity index (χ3n) is 2.97. The number of hydrogen-bond acceptors (Lipinski definition) is 6. The predicted molar refractivity (Wildman–Crippen MR) is 78.4 cm³/mol. The van der Waals surface area contributed by atoms with Crippen LogP contribution in [0.25, 0.3) is 0 Å². The van der Waals surface area contributed by atoms with Gasteiger partial charge in [0.05, 0.1) is 19.3 Å². The summed E-state index contributed by atoms with van der Waals surface area (Å²) in [6.45, 7) is 6.59. The first-order valence-corrected chi connectivity index (χ1v) is 7.66. The molecular weight excluding hydrogens is 292 g/mol. The maximum absolute atomic E-state index is 12.2. The third-order valence-corrected chi connectivity index (χ3v) is 4.03. The van der Waals surface area contributed by atoms with Crippen LogP contribution in [0.5, 0.6) is 0 Å². The zero-order valence-corrected chi connectivity index (χ0v) is 13.6. The molecule has 6 nitrogen and oxygen atoms in total. The highest BCUT2D eigenvalue weighted by molar-refractivity contribution is 7.13. The van der Waals surface area contributed by atoms with Crippen LogP contribution in [0.3, 0.4) is 0 Å². The van der Waals surface area contributed by atoms with Gasteiger partial charge in [-0.2, -0.15) is 0 Å². The average molecular weight is 312 g/mol. The summed E-state index contributed by atoms with van der Waals surface area (Å²) >= 11 is 1.29. The minimum Gasteiger partial charge on any atom is -0.464 e. The fourth-order valence-electron chi connectivity index (χ4n) is 2.05. The molecule has 1 aliphatic heterocycles. The summed E-state index contributed by atoms with van der Waals surface area (Å²) in [5.41, 5.74) is 0.364. The van der Waals surface area contributed by atoms with Gasteiger partial charge in [-0.3, -0.25) is 0 Å². The van der Waals surface area contributed by atoms with Crippen molar-refractivity contribution in [2.45, 2.75) is 45.8 Å². The maximum Gasteiger partial charge on any atom is 0.410 e. The Morgan fingerprint density at radius 2 is 2.05 bits per heavy atom. The lowest BCUT2D eigenvalue weighted by molar-refractivity contribution is 0.0238. The molecule has 0 saturated heterocycles. The molecule has 0 N–H and O–H groups in total. The summed E-state index contributed by atoms with van der Waals surface area (Å²) in [7, 11) is 1.34. The van der Waals surface area contributed by atoms with Gasteiger partial charge in [0.1, 0.15) is 5.60 Å². The molecule has 0 spiro atoms. The molecule has 0 aromatic carbocycles. The van der Waals surface area contributed by atoms with E-state index in [4.69, 9.17) is 4.74 Å². The lowest BCUT2D eigenvalue weighted by atomic mass is 10.2. The van der Waals surface area contributed by atoms with Gasteiger partial charge in [0.2, 0.25) is 5.01 Å². The number of rotatable bonds is 1. The summed E-state index contributed by atoms with van der Waals surface area (Å²) in [4.78, 5) is 30.6.